The second kappa shape index (κ2) is 6.63. The highest BCUT2D eigenvalue weighted by molar-refractivity contribution is 9.10. The Morgan fingerprint density at radius 1 is 1.40 bits per heavy atom. The highest BCUT2D eigenvalue weighted by Crippen LogP contribution is 2.34. The number of benzene rings is 1. The van der Waals surface area contributed by atoms with E-state index in [1.54, 1.807) is 6.20 Å². The molecule has 0 radical (unpaired) electrons. The molecule has 25 heavy (non-hydrogen) atoms. The fourth-order valence-corrected chi connectivity index (χ4v) is 3.98. The standard InChI is InChI=1S/C18H20BrN5O/c1-2-20-18-21-10-15-16(22-18)23-8-4-7-14(23)11-24(17(15)25)13-6-3-5-12(19)9-13/h3,5-6,9-10,14H,2,4,7-8,11H2,1H3,(H,20,21,22). The Kier molecular flexibility index (Phi) is 4.33. The molecule has 0 bridgehead atoms. The minimum absolute atomic E-state index is 0.0365. The van der Waals surface area contributed by atoms with E-state index in [1.807, 2.05) is 36.1 Å². The lowest BCUT2D eigenvalue weighted by Gasteiger charge is -2.27. The Hall–Kier alpha value is -2.15. The molecule has 3 heterocycles. The second-order valence-corrected chi connectivity index (χ2v) is 7.26. The minimum Gasteiger partial charge on any atom is -0.354 e. The van der Waals surface area contributed by atoms with Gasteiger partial charge in [0, 0.05) is 42.0 Å². The molecule has 130 valence electrons. The predicted molar refractivity (Wildman–Crippen MR) is 102 cm³/mol. The number of hydrogen-bond donors (Lipinski definition) is 1. The summed E-state index contributed by atoms with van der Waals surface area (Å²) < 4.78 is 0.962. The average molecular weight is 402 g/mol. The maximum Gasteiger partial charge on any atom is 0.263 e. The van der Waals surface area contributed by atoms with Crippen molar-refractivity contribution in [2.45, 2.75) is 25.8 Å². The van der Waals surface area contributed by atoms with E-state index in [9.17, 15) is 4.79 Å². The molecule has 2 aliphatic rings. The van der Waals surface area contributed by atoms with Gasteiger partial charge in [-0.3, -0.25) is 4.79 Å². The number of nitrogens with zero attached hydrogens (tertiary/aromatic N) is 4. The van der Waals surface area contributed by atoms with Gasteiger partial charge in [0.15, 0.2) is 0 Å². The molecule has 1 N–H and O–H groups in total. The van der Waals surface area contributed by atoms with Crippen LogP contribution in [-0.2, 0) is 0 Å². The van der Waals surface area contributed by atoms with Crippen LogP contribution in [0.5, 0.6) is 0 Å². The fraction of sp³-hybridized carbons (Fsp3) is 0.389. The summed E-state index contributed by atoms with van der Waals surface area (Å²) in [5, 5.41) is 3.14. The van der Waals surface area contributed by atoms with Gasteiger partial charge in [-0.25, -0.2) is 4.98 Å². The quantitative estimate of drug-likeness (QED) is 0.854. The van der Waals surface area contributed by atoms with Gasteiger partial charge in [-0.15, -0.1) is 0 Å². The maximum absolute atomic E-state index is 13.2. The van der Waals surface area contributed by atoms with Crippen molar-refractivity contribution in [1.82, 2.24) is 9.97 Å². The number of rotatable bonds is 3. The topological polar surface area (TPSA) is 61.4 Å². The molecule has 0 spiro atoms. The normalized spacial score (nSPS) is 19.4. The van der Waals surface area contributed by atoms with Crippen LogP contribution in [0.2, 0.25) is 0 Å². The van der Waals surface area contributed by atoms with Crippen LogP contribution in [0, 0.1) is 0 Å². The van der Waals surface area contributed by atoms with Gasteiger partial charge >= 0.3 is 0 Å². The summed E-state index contributed by atoms with van der Waals surface area (Å²) in [6.07, 6.45) is 3.84. The molecule has 4 rings (SSSR count). The van der Waals surface area contributed by atoms with E-state index in [2.05, 4.69) is 36.1 Å². The van der Waals surface area contributed by atoms with Gasteiger partial charge in [0.1, 0.15) is 11.4 Å². The zero-order chi connectivity index (χ0) is 17.4. The zero-order valence-electron chi connectivity index (χ0n) is 14.1. The molecule has 7 heteroatoms. The molecule has 1 fully saturated rings. The first kappa shape index (κ1) is 16.3. The van der Waals surface area contributed by atoms with Crippen LogP contribution < -0.4 is 15.1 Å². The molecule has 2 aromatic rings. The Morgan fingerprint density at radius 3 is 3.08 bits per heavy atom. The zero-order valence-corrected chi connectivity index (χ0v) is 15.7. The number of aromatic nitrogens is 2. The fourth-order valence-electron chi connectivity index (χ4n) is 3.60. The van der Waals surface area contributed by atoms with Gasteiger partial charge in [-0.05, 0) is 38.0 Å². The molecule has 0 aliphatic carbocycles. The molecule has 1 atom stereocenters. The van der Waals surface area contributed by atoms with E-state index in [-0.39, 0.29) is 11.9 Å². The van der Waals surface area contributed by atoms with Gasteiger partial charge < -0.3 is 15.1 Å². The van der Waals surface area contributed by atoms with Crippen molar-refractivity contribution in [3.05, 3.63) is 40.5 Å². The first-order chi connectivity index (χ1) is 12.2. The monoisotopic (exact) mass is 401 g/mol. The van der Waals surface area contributed by atoms with E-state index < -0.39 is 0 Å². The van der Waals surface area contributed by atoms with Gasteiger partial charge in [-0.2, -0.15) is 4.98 Å². The van der Waals surface area contributed by atoms with Crippen LogP contribution in [0.3, 0.4) is 0 Å². The average Bonchev–Trinajstić information content (AvgIpc) is 3.03. The van der Waals surface area contributed by atoms with E-state index in [4.69, 9.17) is 0 Å². The minimum atomic E-state index is -0.0365. The first-order valence-corrected chi connectivity index (χ1v) is 9.41. The molecule has 1 unspecified atom stereocenters. The van der Waals surface area contributed by atoms with Crippen molar-refractivity contribution in [2.24, 2.45) is 0 Å². The number of carbonyl (C=O) groups is 1. The number of anilines is 3. The third-order valence-electron chi connectivity index (χ3n) is 4.74. The lowest BCUT2D eigenvalue weighted by molar-refractivity contribution is 0.0988. The summed E-state index contributed by atoms with van der Waals surface area (Å²) in [7, 11) is 0. The molecular weight excluding hydrogens is 382 g/mol. The van der Waals surface area contributed by atoms with Crippen LogP contribution in [0.15, 0.2) is 34.9 Å². The van der Waals surface area contributed by atoms with Crippen molar-refractivity contribution in [1.29, 1.82) is 0 Å². The van der Waals surface area contributed by atoms with Crippen molar-refractivity contribution >= 4 is 39.3 Å². The number of amides is 1. The molecule has 1 aromatic heterocycles. The van der Waals surface area contributed by atoms with Crippen molar-refractivity contribution in [3.8, 4) is 0 Å². The van der Waals surface area contributed by atoms with Crippen molar-refractivity contribution in [2.75, 3.05) is 34.8 Å². The highest BCUT2D eigenvalue weighted by Gasteiger charge is 2.37. The largest absolute Gasteiger partial charge is 0.354 e. The van der Waals surface area contributed by atoms with E-state index in [0.717, 1.165) is 41.9 Å². The Bertz CT molecular complexity index is 812. The molecule has 1 saturated heterocycles. The van der Waals surface area contributed by atoms with Crippen LogP contribution in [0.25, 0.3) is 0 Å². The summed E-state index contributed by atoms with van der Waals surface area (Å²) in [5.74, 6) is 1.30. The number of halogens is 1. The second-order valence-electron chi connectivity index (χ2n) is 6.35. The molecular formula is C18H20BrN5O. The van der Waals surface area contributed by atoms with Gasteiger partial charge in [0.25, 0.3) is 5.91 Å². The van der Waals surface area contributed by atoms with Crippen molar-refractivity contribution in [3.63, 3.8) is 0 Å². The Morgan fingerprint density at radius 2 is 2.28 bits per heavy atom. The first-order valence-electron chi connectivity index (χ1n) is 8.62. The van der Waals surface area contributed by atoms with Crippen LogP contribution in [0.4, 0.5) is 17.5 Å². The lowest BCUT2D eigenvalue weighted by atomic mass is 10.2. The SMILES string of the molecule is CCNc1ncc2c(n1)N1CCCC1CN(c1cccc(Br)c1)C2=O. The van der Waals surface area contributed by atoms with Gasteiger partial charge in [-0.1, -0.05) is 22.0 Å². The third-order valence-corrected chi connectivity index (χ3v) is 5.23. The van der Waals surface area contributed by atoms with Gasteiger partial charge in [0.2, 0.25) is 5.95 Å². The Labute approximate surface area is 155 Å². The summed E-state index contributed by atoms with van der Waals surface area (Å²) in [6, 6.07) is 8.16. The molecule has 1 aromatic carbocycles. The third kappa shape index (κ3) is 2.97. The van der Waals surface area contributed by atoms with E-state index in [0.29, 0.717) is 18.1 Å². The molecule has 2 aliphatic heterocycles. The highest BCUT2D eigenvalue weighted by atomic mass is 79.9. The molecule has 0 saturated carbocycles. The summed E-state index contributed by atoms with van der Waals surface area (Å²) in [4.78, 5) is 26.3. The molecule has 1 amide bonds. The summed E-state index contributed by atoms with van der Waals surface area (Å²) in [5.41, 5.74) is 1.47. The number of nitrogens with one attached hydrogen (secondary N) is 1. The van der Waals surface area contributed by atoms with Crippen molar-refractivity contribution < 1.29 is 4.79 Å². The number of hydrogen-bond acceptors (Lipinski definition) is 5. The van der Waals surface area contributed by atoms with Crippen LogP contribution in [0.1, 0.15) is 30.1 Å². The van der Waals surface area contributed by atoms with Gasteiger partial charge in [0.05, 0.1) is 0 Å². The Balaban J connectivity index is 1.80. The summed E-state index contributed by atoms with van der Waals surface area (Å²) >= 11 is 3.50. The maximum atomic E-state index is 13.2. The van der Waals surface area contributed by atoms with Crippen LogP contribution in [-0.4, -0.2) is 41.6 Å². The molecule has 6 nitrogen and oxygen atoms in total. The lowest BCUT2D eigenvalue weighted by Crippen LogP contribution is -2.39. The predicted octanol–water partition coefficient (Wildman–Crippen LogP) is 3.30. The summed E-state index contributed by atoms with van der Waals surface area (Å²) in [6.45, 7) is 4.36. The smallest absolute Gasteiger partial charge is 0.263 e. The number of carbonyl (C=O) groups excluding carboxylic acids is 1. The van der Waals surface area contributed by atoms with E-state index in [1.165, 1.54) is 0 Å². The number of fused-ring (bicyclic) bond motifs is 3. The van der Waals surface area contributed by atoms with E-state index >= 15 is 0 Å². The van der Waals surface area contributed by atoms with Crippen LogP contribution >= 0.6 is 15.9 Å².